The fraction of sp³-hybridized carbons (Fsp3) is 0.417. The lowest BCUT2D eigenvalue weighted by atomic mass is 10.2. The van der Waals surface area contributed by atoms with E-state index in [-0.39, 0.29) is 12.4 Å². The average Bonchev–Trinajstić information content (AvgIpc) is 2.30. The van der Waals surface area contributed by atoms with Crippen LogP contribution in [0.1, 0.15) is 0 Å². The smallest absolute Gasteiger partial charge is 0.146 e. The summed E-state index contributed by atoms with van der Waals surface area (Å²) in [6, 6.07) is 6.66. The molecule has 1 heterocycles. The molecular formula is C12H15FN2O2. The highest BCUT2D eigenvalue weighted by Gasteiger charge is 2.21. The Bertz CT molecular complexity index is 403. The lowest BCUT2D eigenvalue weighted by molar-refractivity contribution is -0.894. The molecule has 5 heteroatoms. The predicted molar refractivity (Wildman–Crippen MR) is 59.2 cm³/mol. The molecule has 0 unspecified atom stereocenters. The van der Waals surface area contributed by atoms with Gasteiger partial charge in [0.2, 0.25) is 0 Å². The number of aliphatic carboxylic acids is 1. The van der Waals surface area contributed by atoms with Crippen molar-refractivity contribution in [3.63, 3.8) is 0 Å². The molecule has 0 amide bonds. The molecule has 4 nitrogen and oxygen atoms in total. The van der Waals surface area contributed by atoms with E-state index in [4.69, 9.17) is 0 Å². The number of anilines is 1. The van der Waals surface area contributed by atoms with Crippen LogP contribution >= 0.6 is 0 Å². The number of halogens is 1. The molecule has 1 fully saturated rings. The summed E-state index contributed by atoms with van der Waals surface area (Å²) in [5, 5.41) is 10.5. The summed E-state index contributed by atoms with van der Waals surface area (Å²) < 4.78 is 13.5. The molecule has 1 N–H and O–H groups in total. The second-order valence-corrected chi connectivity index (χ2v) is 4.24. The average molecular weight is 238 g/mol. The number of nitrogens with zero attached hydrogens (tertiary/aromatic N) is 1. The summed E-state index contributed by atoms with van der Waals surface area (Å²) in [5.41, 5.74) is 0.597. The molecule has 0 saturated carbocycles. The van der Waals surface area contributed by atoms with Crippen molar-refractivity contribution < 1.29 is 19.2 Å². The second-order valence-electron chi connectivity index (χ2n) is 4.24. The van der Waals surface area contributed by atoms with Gasteiger partial charge in [0.15, 0.2) is 0 Å². The van der Waals surface area contributed by atoms with Crippen LogP contribution in [0.3, 0.4) is 0 Å². The maximum absolute atomic E-state index is 13.5. The fourth-order valence-corrected chi connectivity index (χ4v) is 2.15. The van der Waals surface area contributed by atoms with Gasteiger partial charge in [-0.15, -0.1) is 0 Å². The monoisotopic (exact) mass is 238 g/mol. The number of para-hydroxylation sites is 1. The van der Waals surface area contributed by atoms with Crippen LogP contribution < -0.4 is 14.9 Å². The van der Waals surface area contributed by atoms with Crippen LogP contribution in [0.25, 0.3) is 0 Å². The molecule has 0 aliphatic carbocycles. The minimum Gasteiger partial charge on any atom is -0.544 e. The zero-order valence-corrected chi connectivity index (χ0v) is 9.49. The van der Waals surface area contributed by atoms with E-state index in [0.717, 1.165) is 4.90 Å². The molecule has 17 heavy (non-hydrogen) atoms. The van der Waals surface area contributed by atoms with Gasteiger partial charge in [-0.1, -0.05) is 12.1 Å². The molecule has 0 bridgehead atoms. The minimum atomic E-state index is -1.03. The van der Waals surface area contributed by atoms with Gasteiger partial charge in [0.25, 0.3) is 0 Å². The normalized spacial score (nSPS) is 17.1. The first-order valence-corrected chi connectivity index (χ1v) is 5.69. The van der Waals surface area contributed by atoms with Gasteiger partial charge in [0.05, 0.1) is 37.8 Å². The molecule has 1 saturated heterocycles. The number of carbonyl (C=O) groups is 1. The van der Waals surface area contributed by atoms with Crippen LogP contribution in [-0.4, -0.2) is 38.7 Å². The number of nitrogens with one attached hydrogen (secondary N) is 1. The first-order valence-electron chi connectivity index (χ1n) is 5.69. The largest absolute Gasteiger partial charge is 0.544 e. The third-order valence-electron chi connectivity index (χ3n) is 3.06. The van der Waals surface area contributed by atoms with E-state index in [1.165, 1.54) is 6.07 Å². The van der Waals surface area contributed by atoms with Crippen molar-refractivity contribution in [1.82, 2.24) is 0 Å². The van der Waals surface area contributed by atoms with Crippen molar-refractivity contribution in [1.29, 1.82) is 0 Å². The Morgan fingerprint density at radius 2 is 2.00 bits per heavy atom. The van der Waals surface area contributed by atoms with Gasteiger partial charge >= 0.3 is 0 Å². The summed E-state index contributed by atoms with van der Waals surface area (Å²) in [5.74, 6) is -1.25. The first-order chi connectivity index (χ1) is 8.16. The summed E-state index contributed by atoms with van der Waals surface area (Å²) in [4.78, 5) is 13.4. The Morgan fingerprint density at radius 1 is 1.35 bits per heavy atom. The number of carboxylic acids is 1. The third kappa shape index (κ3) is 2.94. The first kappa shape index (κ1) is 11.9. The highest BCUT2D eigenvalue weighted by atomic mass is 19.1. The Labute approximate surface area is 99.3 Å². The maximum Gasteiger partial charge on any atom is 0.146 e. The second kappa shape index (κ2) is 5.14. The zero-order chi connectivity index (χ0) is 12.3. The van der Waals surface area contributed by atoms with E-state index in [2.05, 4.69) is 0 Å². The number of rotatable bonds is 3. The van der Waals surface area contributed by atoms with Crippen LogP contribution in [0.2, 0.25) is 0 Å². The Hall–Kier alpha value is -1.62. The fourth-order valence-electron chi connectivity index (χ4n) is 2.15. The third-order valence-corrected chi connectivity index (χ3v) is 3.06. The zero-order valence-electron chi connectivity index (χ0n) is 9.49. The number of hydrogen-bond donors (Lipinski definition) is 1. The lowest BCUT2D eigenvalue weighted by Crippen LogP contribution is -3.16. The SMILES string of the molecule is O=C([O-])C[NH+]1CCN(c2ccccc2F)CC1. The van der Waals surface area contributed by atoms with E-state index in [1.807, 2.05) is 4.90 Å². The molecule has 0 spiro atoms. The minimum absolute atomic E-state index is 0.0328. The molecule has 0 atom stereocenters. The lowest BCUT2D eigenvalue weighted by Gasteiger charge is -2.33. The molecule has 2 rings (SSSR count). The van der Waals surface area contributed by atoms with Gasteiger partial charge in [-0.25, -0.2) is 4.39 Å². The van der Waals surface area contributed by atoms with E-state index >= 15 is 0 Å². The van der Waals surface area contributed by atoms with E-state index in [1.54, 1.807) is 18.2 Å². The van der Waals surface area contributed by atoms with Crippen molar-refractivity contribution in [2.45, 2.75) is 0 Å². The van der Waals surface area contributed by atoms with Crippen molar-refractivity contribution >= 4 is 11.7 Å². The van der Waals surface area contributed by atoms with Gasteiger partial charge in [-0.05, 0) is 12.1 Å². The van der Waals surface area contributed by atoms with Gasteiger partial charge in [0, 0.05) is 0 Å². The van der Waals surface area contributed by atoms with E-state index < -0.39 is 5.97 Å². The quantitative estimate of drug-likeness (QED) is 0.681. The molecular weight excluding hydrogens is 223 g/mol. The Kier molecular flexibility index (Phi) is 3.58. The molecule has 1 aliphatic rings. The number of carbonyl (C=O) groups excluding carboxylic acids is 1. The molecule has 1 aliphatic heterocycles. The molecule has 92 valence electrons. The number of piperazine rings is 1. The topological polar surface area (TPSA) is 47.8 Å². The van der Waals surface area contributed by atoms with Crippen molar-refractivity contribution in [2.75, 3.05) is 37.6 Å². The van der Waals surface area contributed by atoms with E-state index in [0.29, 0.717) is 31.9 Å². The van der Waals surface area contributed by atoms with Crippen LogP contribution in [0.4, 0.5) is 10.1 Å². The predicted octanol–water partition coefficient (Wildman–Crippen LogP) is -1.72. The highest BCUT2D eigenvalue weighted by Crippen LogP contribution is 2.17. The van der Waals surface area contributed by atoms with Crippen LogP contribution in [0, 0.1) is 5.82 Å². The molecule has 0 aromatic heterocycles. The van der Waals surface area contributed by atoms with Crippen LogP contribution in [-0.2, 0) is 4.79 Å². The Balaban J connectivity index is 1.95. The Morgan fingerprint density at radius 3 is 2.59 bits per heavy atom. The summed E-state index contributed by atoms with van der Waals surface area (Å²) in [7, 11) is 0. The van der Waals surface area contributed by atoms with Gasteiger partial charge in [-0.2, -0.15) is 0 Å². The van der Waals surface area contributed by atoms with Crippen LogP contribution in [0.15, 0.2) is 24.3 Å². The number of quaternary nitrogens is 1. The van der Waals surface area contributed by atoms with Gasteiger partial charge in [0.1, 0.15) is 12.4 Å². The summed E-state index contributed by atoms with van der Waals surface area (Å²) in [6.07, 6.45) is 0. The number of benzene rings is 1. The molecule has 1 aromatic carbocycles. The standard InChI is InChI=1S/C12H15FN2O2/c13-10-3-1-2-4-11(10)15-7-5-14(6-8-15)9-12(16)17/h1-4H,5-9H2,(H,16,17). The molecule has 1 aromatic rings. The highest BCUT2D eigenvalue weighted by molar-refractivity contribution is 5.65. The van der Waals surface area contributed by atoms with Gasteiger partial charge in [-0.3, -0.25) is 0 Å². The maximum atomic E-state index is 13.5. The molecule has 0 radical (unpaired) electrons. The summed E-state index contributed by atoms with van der Waals surface area (Å²) in [6.45, 7) is 2.77. The van der Waals surface area contributed by atoms with E-state index in [9.17, 15) is 14.3 Å². The van der Waals surface area contributed by atoms with Crippen molar-refractivity contribution in [3.8, 4) is 0 Å². The van der Waals surface area contributed by atoms with Gasteiger partial charge < -0.3 is 19.7 Å². The summed E-state index contributed by atoms with van der Waals surface area (Å²) >= 11 is 0. The van der Waals surface area contributed by atoms with Crippen LogP contribution in [0.5, 0.6) is 0 Å². The number of hydrogen-bond acceptors (Lipinski definition) is 3. The number of carboxylic acid groups (broad SMARTS) is 1. The van der Waals surface area contributed by atoms with Crippen molar-refractivity contribution in [2.24, 2.45) is 0 Å². The van der Waals surface area contributed by atoms with Crippen molar-refractivity contribution in [3.05, 3.63) is 30.1 Å².